The molecular weight excluding hydrogens is 897 g/mol. The van der Waals surface area contributed by atoms with Gasteiger partial charge in [-0.3, -0.25) is 28.9 Å². The SMILES string of the molecule is CCCCCCCCCCCCCCNC(=O)[C@@H]1CN(C(=O)c2ccc(C(=O)N3CC(CC(=O)N[C@H]4C[C@@H]4c4ccccc4)[C@H](C(=O)N[C@H]4C[C@@H]4c4ccccc4)C3)cc2)C[C@H]1N(C)[C@H](C)c1ccccc1. The van der Waals surface area contributed by atoms with E-state index in [9.17, 15) is 24.0 Å². The van der Waals surface area contributed by atoms with Gasteiger partial charge in [0, 0.05) is 86.3 Å². The molecule has 2 aliphatic carbocycles. The molecule has 72 heavy (non-hydrogen) atoms. The van der Waals surface area contributed by atoms with Gasteiger partial charge < -0.3 is 25.8 Å². The number of likely N-dealkylation sites (tertiary alicyclic amines) is 2. The first-order valence-corrected chi connectivity index (χ1v) is 27.5. The maximum absolute atomic E-state index is 14.3. The number of carbonyl (C=O) groups excluding carboxylic acids is 5. The lowest BCUT2D eigenvalue weighted by atomic mass is 9.91. The number of amides is 5. The van der Waals surface area contributed by atoms with Crippen LogP contribution in [0.15, 0.2) is 115 Å². The van der Waals surface area contributed by atoms with Crippen molar-refractivity contribution in [2.45, 2.75) is 146 Å². The van der Waals surface area contributed by atoms with Crippen LogP contribution < -0.4 is 16.0 Å². The van der Waals surface area contributed by atoms with Gasteiger partial charge in [0.2, 0.25) is 17.7 Å². The molecule has 11 nitrogen and oxygen atoms in total. The molecule has 2 saturated carbocycles. The summed E-state index contributed by atoms with van der Waals surface area (Å²) >= 11 is 0. The topological polar surface area (TPSA) is 131 Å². The molecular formula is C61H80N6O5. The average Bonchev–Trinajstić information content (AvgIpc) is 4.26. The quantitative estimate of drug-likeness (QED) is 0.0538. The smallest absolute Gasteiger partial charge is 0.253 e. The van der Waals surface area contributed by atoms with E-state index in [1.54, 1.807) is 34.1 Å². The maximum atomic E-state index is 14.3. The van der Waals surface area contributed by atoms with E-state index in [1.165, 1.54) is 75.3 Å². The fraction of sp³-hybridized carbons (Fsp3) is 0.525. The molecule has 4 aromatic carbocycles. The Hall–Kier alpha value is -5.81. The standard InChI is InChI=1S/C61H80N6O5/c1-4-5-6-7-8-9-10-11-12-13-14-24-35-62-58(69)53-41-67(42-56(53)65(3)43(2)44-25-18-15-19-26-44)61(72)48-33-31-47(32-34-48)60(71)66-39-49(36-57(68)63-54-37-50(54)45-27-20-16-21-28-45)52(40-66)59(70)64-55-38-51(55)46-29-22-17-23-30-46/h15-23,25-34,43,49-56H,4-14,24,35-42H2,1-3H3,(H,62,69)(H,63,68)(H,64,70)/t43-,49?,50-,51-,52-,53-,54+,55+,56-/m1/s1. The Kier molecular flexibility index (Phi) is 18.8. The van der Waals surface area contributed by atoms with E-state index in [-0.39, 0.29) is 91.0 Å². The van der Waals surface area contributed by atoms with Gasteiger partial charge in [0.15, 0.2) is 0 Å². The number of benzene rings is 4. The maximum Gasteiger partial charge on any atom is 0.253 e. The van der Waals surface area contributed by atoms with Crippen molar-refractivity contribution < 1.29 is 24.0 Å². The highest BCUT2D eigenvalue weighted by molar-refractivity contribution is 5.99. The molecule has 0 radical (unpaired) electrons. The number of rotatable bonds is 26. The van der Waals surface area contributed by atoms with Crippen LogP contribution in [0.5, 0.6) is 0 Å². The summed E-state index contributed by atoms with van der Waals surface area (Å²) in [4.78, 5) is 75.9. The van der Waals surface area contributed by atoms with Gasteiger partial charge in [-0.25, -0.2) is 0 Å². The van der Waals surface area contributed by atoms with Crippen molar-refractivity contribution in [3.63, 3.8) is 0 Å². The largest absolute Gasteiger partial charge is 0.356 e. The number of hydrogen-bond donors (Lipinski definition) is 3. The number of hydrogen-bond acceptors (Lipinski definition) is 6. The number of unbranched alkanes of at least 4 members (excludes halogenated alkanes) is 11. The molecule has 4 aliphatic rings. The molecule has 0 aromatic heterocycles. The molecule has 2 saturated heterocycles. The van der Waals surface area contributed by atoms with Crippen molar-refractivity contribution in [3.05, 3.63) is 143 Å². The van der Waals surface area contributed by atoms with Gasteiger partial charge in [0.1, 0.15) is 0 Å². The fourth-order valence-electron chi connectivity index (χ4n) is 11.5. The highest BCUT2D eigenvalue weighted by atomic mass is 16.2. The zero-order chi connectivity index (χ0) is 50.4. The summed E-state index contributed by atoms with van der Waals surface area (Å²) in [6.45, 7) is 6.21. The Balaban J connectivity index is 0.868. The van der Waals surface area contributed by atoms with Crippen molar-refractivity contribution in [1.29, 1.82) is 0 Å². The third kappa shape index (κ3) is 14.0. The summed E-state index contributed by atoms with van der Waals surface area (Å²) in [5.41, 5.74) is 4.41. The van der Waals surface area contributed by atoms with E-state index in [4.69, 9.17) is 0 Å². The fourth-order valence-corrected chi connectivity index (χ4v) is 11.5. The molecule has 384 valence electrons. The normalized spacial score (nSPS) is 23.7. The second kappa shape index (κ2) is 25.7. The van der Waals surface area contributed by atoms with Crippen molar-refractivity contribution in [2.24, 2.45) is 17.8 Å². The Bertz CT molecular complexity index is 2380. The minimum absolute atomic E-state index is 0.0168. The van der Waals surface area contributed by atoms with Crippen LogP contribution in [0.1, 0.15) is 165 Å². The monoisotopic (exact) mass is 977 g/mol. The average molecular weight is 977 g/mol. The second-order valence-electron chi connectivity index (χ2n) is 21.5. The molecule has 0 bridgehead atoms. The summed E-state index contributed by atoms with van der Waals surface area (Å²) in [5, 5.41) is 9.71. The van der Waals surface area contributed by atoms with Crippen LogP contribution >= 0.6 is 0 Å². The van der Waals surface area contributed by atoms with E-state index in [1.807, 2.05) is 61.6 Å². The van der Waals surface area contributed by atoms with E-state index >= 15 is 0 Å². The molecule has 11 heteroatoms. The van der Waals surface area contributed by atoms with Crippen LogP contribution in [0, 0.1) is 17.8 Å². The number of nitrogens with one attached hydrogen (secondary N) is 3. The lowest BCUT2D eigenvalue weighted by Crippen LogP contribution is -2.45. The van der Waals surface area contributed by atoms with Crippen molar-refractivity contribution in [2.75, 3.05) is 39.8 Å². The third-order valence-electron chi connectivity index (χ3n) is 16.3. The van der Waals surface area contributed by atoms with E-state index in [0.717, 1.165) is 31.2 Å². The molecule has 2 aliphatic heterocycles. The zero-order valence-corrected chi connectivity index (χ0v) is 43.2. The van der Waals surface area contributed by atoms with Crippen LogP contribution in [-0.2, 0) is 14.4 Å². The second-order valence-corrected chi connectivity index (χ2v) is 21.5. The molecule has 4 aromatic rings. The van der Waals surface area contributed by atoms with Crippen LogP contribution in [-0.4, -0.2) is 102 Å². The Morgan fingerprint density at radius 1 is 0.556 bits per heavy atom. The first-order chi connectivity index (χ1) is 35.1. The first-order valence-electron chi connectivity index (χ1n) is 27.5. The molecule has 4 fully saturated rings. The van der Waals surface area contributed by atoms with Crippen molar-refractivity contribution in [1.82, 2.24) is 30.7 Å². The summed E-state index contributed by atoms with van der Waals surface area (Å²) in [7, 11) is 2.05. The molecule has 1 unspecified atom stereocenters. The van der Waals surface area contributed by atoms with Gasteiger partial charge in [-0.05, 0) is 80.1 Å². The van der Waals surface area contributed by atoms with Gasteiger partial charge in [-0.15, -0.1) is 0 Å². The Labute approximate surface area is 429 Å². The predicted octanol–water partition coefficient (Wildman–Crippen LogP) is 10.1. The lowest BCUT2D eigenvalue weighted by molar-refractivity contribution is -0.127. The van der Waals surface area contributed by atoms with Crippen LogP contribution in [0.25, 0.3) is 0 Å². The summed E-state index contributed by atoms with van der Waals surface area (Å²) in [6, 6.07) is 37.3. The van der Waals surface area contributed by atoms with Gasteiger partial charge in [0.05, 0.1) is 11.8 Å². The first kappa shape index (κ1) is 52.5. The lowest BCUT2D eigenvalue weighted by Gasteiger charge is -2.33. The highest BCUT2D eigenvalue weighted by Gasteiger charge is 2.47. The summed E-state index contributed by atoms with van der Waals surface area (Å²) in [6.07, 6.45) is 17.0. The van der Waals surface area contributed by atoms with Crippen LogP contribution in [0.2, 0.25) is 0 Å². The minimum Gasteiger partial charge on any atom is -0.356 e. The summed E-state index contributed by atoms with van der Waals surface area (Å²) < 4.78 is 0. The Morgan fingerprint density at radius 3 is 1.57 bits per heavy atom. The molecule has 9 atom stereocenters. The number of nitrogens with zero attached hydrogens (tertiary/aromatic N) is 3. The zero-order valence-electron chi connectivity index (χ0n) is 43.2. The summed E-state index contributed by atoms with van der Waals surface area (Å²) in [5.74, 6) is -1.41. The van der Waals surface area contributed by atoms with Crippen LogP contribution in [0.3, 0.4) is 0 Å². The molecule has 8 rings (SSSR count). The molecule has 5 amide bonds. The van der Waals surface area contributed by atoms with E-state index < -0.39 is 11.8 Å². The van der Waals surface area contributed by atoms with Crippen molar-refractivity contribution >= 4 is 29.5 Å². The predicted molar refractivity (Wildman–Crippen MR) is 285 cm³/mol. The van der Waals surface area contributed by atoms with Gasteiger partial charge in [-0.1, -0.05) is 169 Å². The van der Waals surface area contributed by atoms with Gasteiger partial charge in [-0.2, -0.15) is 0 Å². The van der Waals surface area contributed by atoms with E-state index in [2.05, 4.69) is 71.1 Å². The highest BCUT2D eigenvalue weighted by Crippen LogP contribution is 2.42. The number of carbonyl (C=O) groups is 5. The molecule has 3 N–H and O–H groups in total. The molecule has 0 spiro atoms. The van der Waals surface area contributed by atoms with Crippen LogP contribution in [0.4, 0.5) is 0 Å². The Morgan fingerprint density at radius 2 is 1.03 bits per heavy atom. The molecule has 2 heterocycles. The third-order valence-corrected chi connectivity index (χ3v) is 16.3. The minimum atomic E-state index is -0.540. The van der Waals surface area contributed by atoms with Gasteiger partial charge >= 0.3 is 0 Å². The van der Waals surface area contributed by atoms with Crippen molar-refractivity contribution in [3.8, 4) is 0 Å². The van der Waals surface area contributed by atoms with Gasteiger partial charge in [0.25, 0.3) is 11.8 Å². The number of likely N-dealkylation sites (N-methyl/N-ethyl adjacent to an activating group) is 1. The van der Waals surface area contributed by atoms with E-state index in [0.29, 0.717) is 30.8 Å².